The molecule has 0 amide bonds. The van der Waals surface area contributed by atoms with E-state index in [-0.39, 0.29) is 0 Å². The van der Waals surface area contributed by atoms with Crippen molar-refractivity contribution in [3.63, 3.8) is 0 Å². The van der Waals surface area contributed by atoms with Gasteiger partial charge in [-0.3, -0.25) is 0 Å². The van der Waals surface area contributed by atoms with Crippen molar-refractivity contribution in [3.05, 3.63) is 540 Å². The fraction of sp³-hybridized carbons (Fsp3) is 0.0455. The molecule has 26 rings (SSSR count). The summed E-state index contributed by atoms with van der Waals surface area (Å²) < 4.78 is 16.5. The molecule has 10 heteroatoms. The third-order valence-electron chi connectivity index (χ3n) is 25.9. The summed E-state index contributed by atoms with van der Waals surface area (Å²) in [5, 5.41) is 9.95. The molecule has 1 aliphatic heterocycles. The minimum absolute atomic E-state index is 0.786. The third kappa shape index (κ3) is 17.3. The highest BCUT2D eigenvalue weighted by atomic mass is 16.5. The molecule has 25 aromatic rings. The minimum Gasteiger partial charge on any atom is -0.453 e. The molecule has 0 saturated heterocycles. The number of aromatic nitrogens is 4. The highest BCUT2D eigenvalue weighted by Gasteiger charge is 2.31. The molecule has 10 nitrogen and oxygen atoms in total. The first-order chi connectivity index (χ1) is 70.5. The average Bonchev–Trinajstić information content (AvgIpc) is 1.58. The smallest absolute Gasteiger partial charge is 0.153 e. The number of fused-ring (bicyclic) bond motifs is 14. The van der Waals surface area contributed by atoms with Crippen molar-refractivity contribution in [3.8, 4) is 34.2 Å². The van der Waals surface area contributed by atoms with Crippen LogP contribution in [0.1, 0.15) is 41.5 Å². The SMILES string of the molecule is CC.CC.CC.c1ccc(-n2c3ccc(-n4c5ccccc5c5ccccc54)cc3c3cc(-n4c5ccccc5c5ccccc54)ccc32)cc1.c1ccc(N(c2ccccc2)c2ccc3c(c2)Oc2cc(N(c4ccccc4)c4ccccc4)ccc2N3c2ccccc2)cc1.c1ccc(N(c2ccccc2)c2ccc3c(c2)c2cc(N(c4ccccc4)c4ccccc4)ccc2n3-c2ccccc2)cc1. The van der Waals surface area contributed by atoms with Gasteiger partial charge in [0.05, 0.1) is 55.5 Å². The van der Waals surface area contributed by atoms with Gasteiger partial charge < -0.3 is 47.5 Å². The van der Waals surface area contributed by atoms with Crippen LogP contribution in [0.2, 0.25) is 0 Å². The van der Waals surface area contributed by atoms with Crippen LogP contribution >= 0.6 is 0 Å². The molecule has 0 spiro atoms. The lowest BCUT2D eigenvalue weighted by Crippen LogP contribution is -2.17. The van der Waals surface area contributed by atoms with E-state index >= 15 is 0 Å². The van der Waals surface area contributed by atoms with Gasteiger partial charge in [0.1, 0.15) is 0 Å². The van der Waals surface area contributed by atoms with Crippen LogP contribution in [0.25, 0.3) is 110 Å². The van der Waals surface area contributed by atoms with Gasteiger partial charge in [0, 0.05) is 152 Å². The Morgan fingerprint density at radius 1 is 0.141 bits per heavy atom. The van der Waals surface area contributed by atoms with Crippen LogP contribution in [0.5, 0.6) is 11.5 Å². The molecule has 0 atom stereocenters. The normalized spacial score (nSPS) is 11.2. The van der Waals surface area contributed by atoms with Crippen molar-refractivity contribution in [2.75, 3.05) is 24.5 Å². The van der Waals surface area contributed by atoms with Gasteiger partial charge in [-0.25, -0.2) is 0 Å². The van der Waals surface area contributed by atoms with E-state index in [2.05, 4.69) is 552 Å². The molecule has 0 N–H and O–H groups in total. The number of anilines is 15. The van der Waals surface area contributed by atoms with E-state index in [1.54, 1.807) is 0 Å². The lowest BCUT2D eigenvalue weighted by atomic mass is 10.1. The molecule has 0 unspecified atom stereocenters. The summed E-state index contributed by atoms with van der Waals surface area (Å²) in [7, 11) is 0. The molecule has 1 aliphatic rings. The predicted molar refractivity (Wildman–Crippen MR) is 604 cm³/mol. The van der Waals surface area contributed by atoms with Gasteiger partial charge in [0.2, 0.25) is 0 Å². The van der Waals surface area contributed by atoms with Crippen LogP contribution in [0.15, 0.2) is 540 Å². The standard InChI is InChI=1S/C42H31N3O.C42H27N3.C42H31N3.3C2H6/c1-6-16-32(17-7-1)43(33-18-8-2-9-19-33)37-26-28-39-41(30-37)46-42-31-38(27-29-40(42)45(39)36-24-14-5-15-25-36)44(34-20-10-3-11-21-34)35-22-12-4-13-23-35;1-2-12-28(13-3-1)43-41-24-22-29(44-37-18-8-4-14-31(37)32-15-5-9-19-38(32)44)26-35(41)36-27-30(23-25-42(36)43)45-39-20-10-6-16-33(39)34-17-7-11-21-40(34)45;1-6-16-32(17-7-1)43(33-18-8-2-9-19-33)37-26-28-41-39(30-37)40-31-38(27-29-42(40)45(41)36-24-14-5-15-25-36)44(34-20-10-3-11-21-34)35-22-12-4-13-23-35;3*1-2/h1-31H;1-27H;1-31H;3*1-2H3. The average molecular weight is 1840 g/mol. The van der Waals surface area contributed by atoms with Crippen molar-refractivity contribution >= 4 is 173 Å². The van der Waals surface area contributed by atoms with E-state index in [1.807, 2.05) is 71.9 Å². The molecule has 4 aromatic heterocycles. The summed E-state index contributed by atoms with van der Waals surface area (Å²) in [6, 6.07) is 191. The van der Waals surface area contributed by atoms with Crippen molar-refractivity contribution < 1.29 is 4.74 Å². The zero-order chi connectivity index (χ0) is 96.2. The van der Waals surface area contributed by atoms with Crippen LogP contribution in [0.4, 0.5) is 85.3 Å². The Bertz CT molecular complexity index is 7910. The van der Waals surface area contributed by atoms with E-state index in [0.29, 0.717) is 0 Å². The van der Waals surface area contributed by atoms with E-state index in [9.17, 15) is 0 Å². The molecule has 0 saturated carbocycles. The number of ether oxygens (including phenoxy) is 1. The van der Waals surface area contributed by atoms with Gasteiger partial charge in [0.15, 0.2) is 11.5 Å². The number of rotatable bonds is 17. The Hall–Kier alpha value is -18.4. The summed E-state index contributed by atoms with van der Waals surface area (Å²) >= 11 is 0. The van der Waals surface area contributed by atoms with Gasteiger partial charge in [-0.15, -0.1) is 0 Å². The maximum absolute atomic E-state index is 6.86. The monoisotopic (exact) mass is 1830 g/mol. The fourth-order valence-electron chi connectivity index (χ4n) is 20.0. The molecule has 5 heterocycles. The maximum atomic E-state index is 6.86. The van der Waals surface area contributed by atoms with Crippen LogP contribution in [0.3, 0.4) is 0 Å². The predicted octanol–water partition coefficient (Wildman–Crippen LogP) is 38.0. The Morgan fingerprint density at radius 2 is 0.331 bits per heavy atom. The van der Waals surface area contributed by atoms with E-state index in [0.717, 1.165) is 120 Å². The molecule has 0 bridgehead atoms. The highest BCUT2D eigenvalue weighted by Crippen LogP contribution is 2.55. The van der Waals surface area contributed by atoms with Crippen LogP contribution < -0.4 is 29.2 Å². The fourth-order valence-corrected chi connectivity index (χ4v) is 20.0. The molecule has 0 aliphatic carbocycles. The molecular weight excluding hydrogens is 1730 g/mol. The number of hydrogen-bond acceptors (Lipinski definition) is 6. The third-order valence-corrected chi connectivity index (χ3v) is 25.9. The van der Waals surface area contributed by atoms with Gasteiger partial charge in [-0.2, -0.15) is 0 Å². The lowest BCUT2D eigenvalue weighted by Gasteiger charge is -2.35. The van der Waals surface area contributed by atoms with Crippen molar-refractivity contribution in [2.45, 2.75) is 41.5 Å². The van der Waals surface area contributed by atoms with E-state index in [1.165, 1.54) is 87.2 Å². The summed E-state index contributed by atoms with van der Waals surface area (Å²) in [5.41, 5.74) is 30.3. The zero-order valence-corrected chi connectivity index (χ0v) is 80.3. The summed E-state index contributed by atoms with van der Waals surface area (Å²) in [5.74, 6) is 1.57. The van der Waals surface area contributed by atoms with Gasteiger partial charge in [0.25, 0.3) is 0 Å². The molecule has 142 heavy (non-hydrogen) atoms. The number of para-hydroxylation sites is 15. The summed E-state index contributed by atoms with van der Waals surface area (Å²) in [6.07, 6.45) is 0. The van der Waals surface area contributed by atoms with Gasteiger partial charge in [-0.05, 0) is 255 Å². The summed E-state index contributed by atoms with van der Waals surface area (Å²) in [6.45, 7) is 12.0. The number of nitrogens with zero attached hydrogens (tertiary/aromatic N) is 9. The quantitative estimate of drug-likeness (QED) is 0.0905. The molecule has 21 aromatic carbocycles. The zero-order valence-electron chi connectivity index (χ0n) is 80.3. The van der Waals surface area contributed by atoms with Crippen molar-refractivity contribution in [1.82, 2.24) is 18.3 Å². The Morgan fingerprint density at radius 3 is 0.592 bits per heavy atom. The van der Waals surface area contributed by atoms with E-state index in [4.69, 9.17) is 4.74 Å². The number of hydrogen-bond donors (Lipinski definition) is 0. The Balaban J connectivity index is 0.000000123. The highest BCUT2D eigenvalue weighted by molar-refractivity contribution is 6.16. The second kappa shape index (κ2) is 41.3. The Kier molecular flexibility index (Phi) is 26.2. The van der Waals surface area contributed by atoms with Crippen molar-refractivity contribution in [2.24, 2.45) is 0 Å². The molecule has 0 radical (unpaired) electrons. The maximum Gasteiger partial charge on any atom is 0.153 e. The molecular formula is C132H107N9O. The van der Waals surface area contributed by atoms with Crippen molar-refractivity contribution in [1.29, 1.82) is 0 Å². The second-order valence-corrected chi connectivity index (χ2v) is 34.0. The van der Waals surface area contributed by atoms with Crippen LogP contribution in [-0.4, -0.2) is 18.3 Å². The second-order valence-electron chi connectivity index (χ2n) is 34.0. The van der Waals surface area contributed by atoms with Gasteiger partial charge in [-0.1, -0.05) is 315 Å². The first-order valence-electron chi connectivity index (χ1n) is 49.2. The van der Waals surface area contributed by atoms with E-state index < -0.39 is 0 Å². The molecule has 686 valence electrons. The Labute approximate surface area is 830 Å². The summed E-state index contributed by atoms with van der Waals surface area (Å²) in [4.78, 5) is 11.5. The molecule has 0 fully saturated rings. The van der Waals surface area contributed by atoms with Crippen LogP contribution in [0, 0.1) is 0 Å². The first-order valence-corrected chi connectivity index (χ1v) is 49.2. The topological polar surface area (TPSA) is 45.2 Å². The first kappa shape index (κ1) is 90.1. The minimum atomic E-state index is 0.786. The number of benzene rings is 21. The van der Waals surface area contributed by atoms with Crippen LogP contribution in [-0.2, 0) is 0 Å². The lowest BCUT2D eigenvalue weighted by molar-refractivity contribution is 0.477. The largest absolute Gasteiger partial charge is 0.453 e. The van der Waals surface area contributed by atoms with Gasteiger partial charge >= 0.3 is 0 Å².